The van der Waals surface area contributed by atoms with Crippen LogP contribution in [-0.4, -0.2) is 26.6 Å². The van der Waals surface area contributed by atoms with Gasteiger partial charge in [0.2, 0.25) is 5.95 Å². The van der Waals surface area contributed by atoms with Crippen LogP contribution in [-0.2, 0) is 30.9 Å². The van der Waals surface area contributed by atoms with Gasteiger partial charge < -0.3 is 10.3 Å². The topological polar surface area (TPSA) is 66.8 Å². The Morgan fingerprint density at radius 3 is 2.14 bits per heavy atom. The molecule has 5 aromatic rings. The Labute approximate surface area is 267 Å². The first-order valence-corrected chi connectivity index (χ1v) is 14.5. The van der Waals surface area contributed by atoms with Crippen molar-refractivity contribution in [2.75, 3.05) is 16.9 Å². The minimum Gasteiger partial charge on any atom is -0.366 e. The number of anilines is 3. The number of benzene rings is 3. The number of rotatable bonds is 4. The first-order chi connectivity index (χ1) is 20.1. The summed E-state index contributed by atoms with van der Waals surface area (Å²) in [5.41, 5.74) is 8.70. The molecule has 0 spiro atoms. The quantitative estimate of drug-likeness (QED) is 0.188. The monoisotopic (exact) mass is 744 g/mol. The number of hydrogen-bond acceptors (Lipinski definition) is 6. The van der Waals surface area contributed by atoms with Gasteiger partial charge in [0.05, 0.1) is 18.0 Å². The van der Waals surface area contributed by atoms with Gasteiger partial charge in [-0.1, -0.05) is 96.1 Å². The van der Waals surface area contributed by atoms with Crippen LogP contribution in [0.3, 0.4) is 0 Å². The van der Waals surface area contributed by atoms with Crippen LogP contribution < -0.4 is 10.2 Å². The summed E-state index contributed by atoms with van der Waals surface area (Å²) in [6.45, 7) is 14.8. The Balaban J connectivity index is 0.00000329. The van der Waals surface area contributed by atoms with Gasteiger partial charge in [0.25, 0.3) is 0 Å². The van der Waals surface area contributed by atoms with Crippen molar-refractivity contribution in [3.05, 3.63) is 102 Å². The SMILES string of the molecule is CC1(C)c2c[c-]c(-c3ccc(-c4nc(-c5ccccc5)nc(N5CNc6ccccc65)n4)cn3)cc2C(C)(C)C1(C)C.[Ir]. The third-order valence-corrected chi connectivity index (χ3v) is 10.2. The first-order valence-electron chi connectivity index (χ1n) is 14.5. The first kappa shape index (κ1) is 29.2. The van der Waals surface area contributed by atoms with E-state index in [2.05, 4.69) is 82.1 Å². The largest absolute Gasteiger partial charge is 0.366 e. The van der Waals surface area contributed by atoms with Crippen molar-refractivity contribution >= 4 is 17.3 Å². The molecule has 1 aliphatic heterocycles. The van der Waals surface area contributed by atoms with Crippen molar-refractivity contribution in [2.45, 2.75) is 52.4 Å². The molecule has 7 heteroatoms. The second-order valence-electron chi connectivity index (χ2n) is 12.9. The van der Waals surface area contributed by atoms with E-state index in [1.165, 1.54) is 11.1 Å². The fourth-order valence-electron chi connectivity index (χ4n) is 6.43. The second-order valence-corrected chi connectivity index (χ2v) is 12.9. The van der Waals surface area contributed by atoms with Gasteiger partial charge in [-0.25, -0.2) is 4.98 Å². The smallest absolute Gasteiger partial charge is 0.235 e. The molecule has 0 unspecified atom stereocenters. The number of hydrogen-bond donors (Lipinski definition) is 1. The van der Waals surface area contributed by atoms with Crippen molar-refractivity contribution < 1.29 is 20.1 Å². The van der Waals surface area contributed by atoms with E-state index in [4.69, 9.17) is 19.9 Å². The van der Waals surface area contributed by atoms with Crippen LogP contribution in [0.1, 0.15) is 52.7 Å². The molecule has 0 fully saturated rings. The fourth-order valence-corrected chi connectivity index (χ4v) is 6.43. The summed E-state index contributed by atoms with van der Waals surface area (Å²) in [7, 11) is 0. The number of pyridine rings is 1. The minimum atomic E-state index is 0. The normalized spacial score (nSPS) is 17.0. The molecule has 7 rings (SSSR count). The Bertz CT molecular complexity index is 1810. The Kier molecular flexibility index (Phi) is 7.02. The second kappa shape index (κ2) is 10.4. The molecule has 0 bridgehead atoms. The van der Waals surface area contributed by atoms with E-state index in [9.17, 15) is 0 Å². The summed E-state index contributed by atoms with van der Waals surface area (Å²) in [5, 5.41) is 3.44. The zero-order chi connectivity index (χ0) is 29.3. The fraction of sp³-hybridized carbons (Fsp3) is 0.278. The Morgan fingerprint density at radius 1 is 0.744 bits per heavy atom. The van der Waals surface area contributed by atoms with Gasteiger partial charge in [-0.2, -0.15) is 9.97 Å². The predicted molar refractivity (Wildman–Crippen MR) is 170 cm³/mol. The molecule has 0 amide bonds. The van der Waals surface area contributed by atoms with Gasteiger partial charge in [-0.15, -0.1) is 34.9 Å². The molecule has 1 radical (unpaired) electrons. The average Bonchev–Trinajstić information content (AvgIpc) is 3.48. The molecule has 1 aliphatic carbocycles. The molecule has 219 valence electrons. The number of aromatic nitrogens is 4. The zero-order valence-electron chi connectivity index (χ0n) is 25.4. The number of fused-ring (bicyclic) bond motifs is 2. The molecule has 3 aromatic carbocycles. The van der Waals surface area contributed by atoms with E-state index in [-0.39, 0.29) is 36.4 Å². The third-order valence-electron chi connectivity index (χ3n) is 10.2. The van der Waals surface area contributed by atoms with Crippen molar-refractivity contribution in [3.8, 4) is 34.0 Å². The summed E-state index contributed by atoms with van der Waals surface area (Å²) >= 11 is 0. The molecule has 0 saturated heterocycles. The summed E-state index contributed by atoms with van der Waals surface area (Å²) in [5.74, 6) is 1.81. The van der Waals surface area contributed by atoms with Crippen molar-refractivity contribution in [3.63, 3.8) is 0 Å². The van der Waals surface area contributed by atoms with Crippen molar-refractivity contribution in [1.82, 2.24) is 19.9 Å². The Hall–Kier alpha value is -3.93. The zero-order valence-corrected chi connectivity index (χ0v) is 27.8. The molecule has 2 aromatic heterocycles. The molecule has 43 heavy (non-hydrogen) atoms. The summed E-state index contributed by atoms with van der Waals surface area (Å²) in [6, 6.07) is 30.3. The van der Waals surface area contributed by atoms with Crippen LogP contribution in [0, 0.1) is 11.5 Å². The predicted octanol–water partition coefficient (Wildman–Crippen LogP) is 8.18. The van der Waals surface area contributed by atoms with Gasteiger partial charge in [0, 0.05) is 37.4 Å². The van der Waals surface area contributed by atoms with E-state index < -0.39 is 0 Å². The van der Waals surface area contributed by atoms with E-state index in [0.29, 0.717) is 24.3 Å². The van der Waals surface area contributed by atoms with E-state index >= 15 is 0 Å². The van der Waals surface area contributed by atoms with Gasteiger partial charge in [-0.05, 0) is 34.1 Å². The summed E-state index contributed by atoms with van der Waals surface area (Å²) in [6.07, 6.45) is 1.86. The molecule has 1 N–H and O–H groups in total. The molecule has 6 nitrogen and oxygen atoms in total. The molecule has 0 saturated carbocycles. The van der Waals surface area contributed by atoms with Crippen LogP contribution in [0.4, 0.5) is 17.3 Å². The van der Waals surface area contributed by atoms with Gasteiger partial charge >= 0.3 is 0 Å². The molecular formula is C36H35IrN6-. The number of nitrogens with one attached hydrogen (secondary N) is 1. The van der Waals surface area contributed by atoms with Crippen LogP contribution in [0.25, 0.3) is 34.0 Å². The van der Waals surface area contributed by atoms with Crippen LogP contribution >= 0.6 is 0 Å². The number of nitrogens with zero attached hydrogens (tertiary/aromatic N) is 5. The van der Waals surface area contributed by atoms with Gasteiger partial charge in [0.15, 0.2) is 11.6 Å². The van der Waals surface area contributed by atoms with Crippen LogP contribution in [0.15, 0.2) is 85.1 Å². The van der Waals surface area contributed by atoms with Gasteiger partial charge in [-0.3, -0.25) is 4.90 Å². The number of para-hydroxylation sites is 2. The van der Waals surface area contributed by atoms with Crippen molar-refractivity contribution in [1.29, 1.82) is 0 Å². The van der Waals surface area contributed by atoms with Crippen LogP contribution in [0.2, 0.25) is 0 Å². The Morgan fingerprint density at radius 2 is 1.42 bits per heavy atom. The molecule has 0 atom stereocenters. The molecule has 2 aliphatic rings. The summed E-state index contributed by atoms with van der Waals surface area (Å²) in [4.78, 5) is 21.7. The summed E-state index contributed by atoms with van der Waals surface area (Å²) < 4.78 is 0. The van der Waals surface area contributed by atoms with Gasteiger partial charge in [0.1, 0.15) is 0 Å². The van der Waals surface area contributed by atoms with Crippen LogP contribution in [0.5, 0.6) is 0 Å². The van der Waals surface area contributed by atoms with Crippen molar-refractivity contribution in [2.24, 2.45) is 5.41 Å². The maximum Gasteiger partial charge on any atom is 0.235 e. The third kappa shape index (κ3) is 4.49. The average molecular weight is 744 g/mol. The molecular weight excluding hydrogens is 709 g/mol. The van der Waals surface area contributed by atoms with E-state index in [0.717, 1.165) is 33.8 Å². The maximum atomic E-state index is 4.93. The standard InChI is InChI=1S/C36H35N6.Ir/c1-34(2)26-18-16-24(20-27(26)35(3,4)36(34,5)6)28-19-17-25(21-37-28)32-39-31(23-12-8-7-9-13-23)40-33(41-32)42-22-38-29-14-10-11-15-30(29)42;/h7-15,17-21,38H,22H2,1-6H3;/q-1;. The minimum absolute atomic E-state index is 0. The maximum absolute atomic E-state index is 4.93. The molecule has 3 heterocycles. The van der Waals surface area contributed by atoms with E-state index in [1.54, 1.807) is 0 Å². The van der Waals surface area contributed by atoms with E-state index in [1.807, 2.05) is 60.8 Å².